The maximum absolute atomic E-state index is 13.5. The van der Waals surface area contributed by atoms with Gasteiger partial charge < -0.3 is 20.1 Å². The number of amides is 2. The van der Waals surface area contributed by atoms with Gasteiger partial charge in [0, 0.05) is 22.6 Å². The van der Waals surface area contributed by atoms with Crippen molar-refractivity contribution >= 4 is 35.0 Å². The Morgan fingerprint density at radius 3 is 2.36 bits per heavy atom. The van der Waals surface area contributed by atoms with E-state index in [2.05, 4.69) is 10.6 Å². The van der Waals surface area contributed by atoms with Crippen LogP contribution in [0.25, 0.3) is 0 Å². The van der Waals surface area contributed by atoms with Gasteiger partial charge in [0.25, 0.3) is 0 Å². The van der Waals surface area contributed by atoms with Crippen molar-refractivity contribution < 1.29 is 19.1 Å². The molecule has 0 spiro atoms. The normalized spacial score (nSPS) is 14.5. The van der Waals surface area contributed by atoms with Gasteiger partial charge in [0.05, 0.1) is 19.9 Å². The first kappa shape index (κ1) is 25.6. The number of hydrogen-bond acceptors (Lipinski definition) is 5. The van der Waals surface area contributed by atoms with E-state index >= 15 is 0 Å². The van der Waals surface area contributed by atoms with Crippen molar-refractivity contribution in [1.82, 2.24) is 0 Å². The van der Waals surface area contributed by atoms with Gasteiger partial charge in [0.2, 0.25) is 11.8 Å². The summed E-state index contributed by atoms with van der Waals surface area (Å²) in [4.78, 5) is 27.1. The lowest BCUT2D eigenvalue weighted by molar-refractivity contribution is -0.120. The molecule has 1 unspecified atom stereocenters. The van der Waals surface area contributed by atoms with Crippen LogP contribution in [0.2, 0.25) is 0 Å². The van der Waals surface area contributed by atoms with Crippen LogP contribution in [0.5, 0.6) is 11.5 Å². The predicted octanol–water partition coefficient (Wildman–Crippen LogP) is 6.69. The van der Waals surface area contributed by atoms with Crippen LogP contribution in [0, 0.1) is 5.92 Å². The van der Waals surface area contributed by atoms with Gasteiger partial charge >= 0.3 is 0 Å². The standard InChI is InChI=1S/C29H32N2O4S/c1-34-23-16-17-25(26(19-23)35-2)31-29(33)27(20-10-5-3-6-11-20)36-24-15-9-14-22(18-24)30-28(32)21-12-7-4-8-13-21/h3,5-6,9-11,14-19,21,27H,4,7-8,12-13H2,1-2H3,(H,30,32)(H,31,33). The molecule has 4 rings (SSSR count). The molecule has 2 N–H and O–H groups in total. The zero-order valence-corrected chi connectivity index (χ0v) is 21.5. The van der Waals surface area contributed by atoms with E-state index < -0.39 is 5.25 Å². The maximum Gasteiger partial charge on any atom is 0.242 e. The van der Waals surface area contributed by atoms with E-state index in [1.807, 2.05) is 54.6 Å². The Morgan fingerprint density at radius 2 is 1.64 bits per heavy atom. The Balaban J connectivity index is 1.53. The summed E-state index contributed by atoms with van der Waals surface area (Å²) in [5.41, 5.74) is 2.20. The minimum atomic E-state index is -0.512. The molecule has 0 radical (unpaired) electrons. The summed E-state index contributed by atoms with van der Waals surface area (Å²) in [6.45, 7) is 0. The number of thioether (sulfide) groups is 1. The summed E-state index contributed by atoms with van der Waals surface area (Å²) in [6, 6.07) is 22.6. The number of rotatable bonds is 9. The monoisotopic (exact) mass is 504 g/mol. The van der Waals surface area contributed by atoms with Crippen LogP contribution in [-0.4, -0.2) is 26.0 Å². The first-order valence-corrected chi connectivity index (χ1v) is 13.1. The van der Waals surface area contributed by atoms with Crippen molar-refractivity contribution in [3.8, 4) is 11.5 Å². The molecule has 1 aliphatic rings. The zero-order chi connectivity index (χ0) is 25.3. The van der Waals surface area contributed by atoms with Gasteiger partial charge in [-0.05, 0) is 48.7 Å². The highest BCUT2D eigenvalue weighted by Crippen LogP contribution is 2.38. The molecule has 6 nitrogen and oxygen atoms in total. The average molecular weight is 505 g/mol. The van der Waals surface area contributed by atoms with Crippen LogP contribution >= 0.6 is 11.8 Å². The van der Waals surface area contributed by atoms with Crippen LogP contribution in [0.15, 0.2) is 77.7 Å². The van der Waals surface area contributed by atoms with E-state index in [-0.39, 0.29) is 17.7 Å². The molecule has 36 heavy (non-hydrogen) atoms. The molecular formula is C29H32N2O4S. The average Bonchev–Trinajstić information content (AvgIpc) is 2.93. The van der Waals surface area contributed by atoms with Crippen LogP contribution in [0.1, 0.15) is 42.9 Å². The van der Waals surface area contributed by atoms with Crippen molar-refractivity contribution in [1.29, 1.82) is 0 Å². The van der Waals surface area contributed by atoms with E-state index in [0.29, 0.717) is 17.2 Å². The summed E-state index contributed by atoms with van der Waals surface area (Å²) in [7, 11) is 3.14. The molecule has 1 atom stereocenters. The second kappa shape index (κ2) is 12.5. The molecule has 3 aromatic rings. The third-order valence-electron chi connectivity index (χ3n) is 6.34. The number of carbonyl (C=O) groups is 2. The fourth-order valence-electron chi connectivity index (χ4n) is 4.39. The quantitative estimate of drug-likeness (QED) is 0.317. The van der Waals surface area contributed by atoms with Gasteiger partial charge in [0.1, 0.15) is 16.7 Å². The Hall–Kier alpha value is -3.45. The first-order chi connectivity index (χ1) is 17.6. The van der Waals surface area contributed by atoms with Gasteiger partial charge in [-0.2, -0.15) is 0 Å². The maximum atomic E-state index is 13.5. The molecular weight excluding hydrogens is 472 g/mol. The SMILES string of the molecule is COc1ccc(NC(=O)C(Sc2cccc(NC(=O)C3CCCCC3)c2)c2ccccc2)c(OC)c1. The lowest BCUT2D eigenvalue weighted by Crippen LogP contribution is -2.24. The Morgan fingerprint density at radius 1 is 0.861 bits per heavy atom. The van der Waals surface area contributed by atoms with Crippen LogP contribution in [0.4, 0.5) is 11.4 Å². The van der Waals surface area contributed by atoms with Crippen molar-refractivity contribution in [2.24, 2.45) is 5.92 Å². The van der Waals surface area contributed by atoms with Gasteiger partial charge in [-0.25, -0.2) is 0 Å². The summed E-state index contributed by atoms with van der Waals surface area (Å²) >= 11 is 1.44. The molecule has 1 fully saturated rings. The smallest absolute Gasteiger partial charge is 0.242 e. The Bertz CT molecular complexity index is 1180. The molecule has 0 saturated heterocycles. The summed E-state index contributed by atoms with van der Waals surface area (Å²) < 4.78 is 10.7. The number of methoxy groups -OCH3 is 2. The van der Waals surface area contributed by atoms with Crippen molar-refractivity contribution in [2.75, 3.05) is 24.9 Å². The fourth-order valence-corrected chi connectivity index (χ4v) is 5.48. The molecule has 188 valence electrons. The van der Waals surface area contributed by atoms with E-state index in [1.54, 1.807) is 32.4 Å². The highest BCUT2D eigenvalue weighted by Gasteiger charge is 2.24. The molecule has 1 saturated carbocycles. The fraction of sp³-hybridized carbons (Fsp3) is 0.310. The largest absolute Gasteiger partial charge is 0.497 e. The highest BCUT2D eigenvalue weighted by molar-refractivity contribution is 8.00. The van der Waals surface area contributed by atoms with Gasteiger partial charge in [0.15, 0.2) is 0 Å². The zero-order valence-electron chi connectivity index (χ0n) is 20.7. The third-order valence-corrected chi connectivity index (χ3v) is 7.59. The van der Waals surface area contributed by atoms with E-state index in [4.69, 9.17) is 9.47 Å². The van der Waals surface area contributed by atoms with Gasteiger partial charge in [-0.1, -0.05) is 55.7 Å². The van der Waals surface area contributed by atoms with E-state index in [9.17, 15) is 9.59 Å². The minimum absolute atomic E-state index is 0.0809. The molecule has 0 heterocycles. The van der Waals surface area contributed by atoms with E-state index in [0.717, 1.165) is 41.8 Å². The molecule has 0 aliphatic heterocycles. The topological polar surface area (TPSA) is 76.7 Å². The van der Waals surface area contributed by atoms with E-state index in [1.165, 1.54) is 18.2 Å². The van der Waals surface area contributed by atoms with Crippen molar-refractivity contribution in [2.45, 2.75) is 42.2 Å². The van der Waals surface area contributed by atoms with Crippen molar-refractivity contribution in [3.63, 3.8) is 0 Å². The lowest BCUT2D eigenvalue weighted by Gasteiger charge is -2.21. The molecule has 1 aliphatic carbocycles. The molecule has 2 amide bonds. The molecule has 3 aromatic carbocycles. The highest BCUT2D eigenvalue weighted by atomic mass is 32.2. The van der Waals surface area contributed by atoms with Gasteiger partial charge in [-0.3, -0.25) is 9.59 Å². The second-order valence-electron chi connectivity index (χ2n) is 8.82. The Kier molecular flexibility index (Phi) is 8.90. The minimum Gasteiger partial charge on any atom is -0.497 e. The second-order valence-corrected chi connectivity index (χ2v) is 9.99. The lowest BCUT2D eigenvalue weighted by atomic mass is 9.88. The number of nitrogens with one attached hydrogen (secondary N) is 2. The third kappa shape index (κ3) is 6.61. The van der Waals surface area contributed by atoms with Gasteiger partial charge in [-0.15, -0.1) is 11.8 Å². The first-order valence-electron chi connectivity index (χ1n) is 12.2. The Labute approximate surface area is 216 Å². The predicted molar refractivity (Wildman–Crippen MR) is 145 cm³/mol. The number of ether oxygens (including phenoxy) is 2. The van der Waals surface area contributed by atoms with Crippen LogP contribution in [0.3, 0.4) is 0 Å². The molecule has 0 aromatic heterocycles. The molecule has 0 bridgehead atoms. The number of hydrogen-bond donors (Lipinski definition) is 2. The van der Waals surface area contributed by atoms with Crippen LogP contribution < -0.4 is 20.1 Å². The van der Waals surface area contributed by atoms with Crippen molar-refractivity contribution in [3.05, 3.63) is 78.4 Å². The molecule has 7 heteroatoms. The number of benzene rings is 3. The van der Waals surface area contributed by atoms with Crippen LogP contribution in [-0.2, 0) is 9.59 Å². The number of anilines is 2. The summed E-state index contributed by atoms with van der Waals surface area (Å²) in [6.07, 6.45) is 5.33. The number of carbonyl (C=O) groups excluding carboxylic acids is 2. The summed E-state index contributed by atoms with van der Waals surface area (Å²) in [5, 5.41) is 5.58. The summed E-state index contributed by atoms with van der Waals surface area (Å²) in [5.74, 6) is 1.15.